The number of carbonyl (C=O) groups excluding carboxylic acids is 2. The van der Waals surface area contributed by atoms with Crippen LogP contribution in [0, 0.1) is 5.41 Å². The molecule has 1 heterocycles. The molecule has 36 heavy (non-hydrogen) atoms. The number of aromatic nitrogens is 2. The van der Waals surface area contributed by atoms with E-state index < -0.39 is 0 Å². The average molecular weight is 482 g/mol. The molecule has 182 valence electrons. The molecule has 0 atom stereocenters. The molecule has 5 rings (SSSR count). The summed E-state index contributed by atoms with van der Waals surface area (Å²) in [6.07, 6.45) is 1.46. The van der Waals surface area contributed by atoms with Crippen LogP contribution in [-0.4, -0.2) is 39.9 Å². The number of fused-ring (bicyclic) bond motifs is 2. The third-order valence-electron chi connectivity index (χ3n) is 6.52. The van der Waals surface area contributed by atoms with Crippen LogP contribution >= 0.6 is 0 Å². The van der Waals surface area contributed by atoms with E-state index in [1.165, 1.54) is 11.1 Å². The van der Waals surface area contributed by atoms with Crippen molar-refractivity contribution in [2.45, 2.75) is 25.4 Å². The fourth-order valence-electron chi connectivity index (χ4n) is 4.62. The van der Waals surface area contributed by atoms with Crippen LogP contribution in [0.1, 0.15) is 33.5 Å². The second-order valence-corrected chi connectivity index (χ2v) is 8.98. The molecule has 0 aliphatic heterocycles. The van der Waals surface area contributed by atoms with Gasteiger partial charge in [-0.3, -0.25) is 15.0 Å². The number of imidazole rings is 1. The van der Waals surface area contributed by atoms with Gasteiger partial charge in [-0.15, -0.1) is 0 Å². The molecule has 3 aromatic carbocycles. The smallest absolute Gasteiger partial charge is 0.307 e. The van der Waals surface area contributed by atoms with Crippen molar-refractivity contribution in [3.8, 4) is 11.4 Å². The van der Waals surface area contributed by atoms with Crippen molar-refractivity contribution < 1.29 is 14.3 Å². The molecule has 8 heteroatoms. The molecule has 8 nitrogen and oxygen atoms in total. The number of aryl methyl sites for hydroxylation is 1. The predicted octanol–water partition coefficient (Wildman–Crippen LogP) is 3.35. The fourth-order valence-corrected chi connectivity index (χ4v) is 4.62. The van der Waals surface area contributed by atoms with Crippen LogP contribution in [0.5, 0.6) is 0 Å². The minimum absolute atomic E-state index is 0.0135. The van der Waals surface area contributed by atoms with Crippen LogP contribution in [-0.2, 0) is 29.4 Å². The molecule has 0 fully saturated rings. The summed E-state index contributed by atoms with van der Waals surface area (Å²) in [6, 6.07) is 20.8. The first-order chi connectivity index (χ1) is 17.4. The number of amides is 1. The molecule has 0 saturated carbocycles. The summed E-state index contributed by atoms with van der Waals surface area (Å²) in [7, 11) is 1.91. The van der Waals surface area contributed by atoms with Crippen molar-refractivity contribution in [2.75, 3.05) is 6.54 Å². The first-order valence-electron chi connectivity index (χ1n) is 11.8. The Hall–Kier alpha value is -4.46. The Labute approximate surface area is 208 Å². The largest absolute Gasteiger partial charge is 0.462 e. The zero-order valence-electron chi connectivity index (χ0n) is 20.0. The molecule has 0 saturated heterocycles. The van der Waals surface area contributed by atoms with Gasteiger partial charge in [-0.25, -0.2) is 4.98 Å². The standard InChI is InChI=1S/C28H27N5O3/c1-33-24-11-10-21(16-23(24)32-27(33)18-8-6-17(7-9-18)26(29)30)28(35)31-13-12-25(34)36-22-14-19-4-2-3-5-20(19)15-22/h2-11,16,22H,12-15H2,1H3,(H3,29,30)(H,31,35). The summed E-state index contributed by atoms with van der Waals surface area (Å²) in [5.74, 6) is 0.179. The SMILES string of the molecule is Cn1c(-c2ccc(C(=N)N)cc2)nc2cc(C(=O)NCCC(=O)OC3Cc4ccccc4C3)ccc21. The number of hydrogen-bond acceptors (Lipinski definition) is 5. The molecule has 1 amide bonds. The first kappa shape index (κ1) is 23.3. The number of benzene rings is 3. The zero-order valence-corrected chi connectivity index (χ0v) is 20.0. The van der Waals surface area contributed by atoms with Crippen molar-refractivity contribution in [2.24, 2.45) is 12.8 Å². The lowest BCUT2D eigenvalue weighted by atomic mass is 10.1. The second kappa shape index (κ2) is 9.65. The number of amidine groups is 1. The lowest BCUT2D eigenvalue weighted by molar-refractivity contribution is -0.148. The Morgan fingerprint density at radius 1 is 1.06 bits per heavy atom. The van der Waals surface area contributed by atoms with E-state index in [-0.39, 0.29) is 36.8 Å². The minimum atomic E-state index is -0.311. The molecule has 0 radical (unpaired) electrons. The Morgan fingerprint density at radius 2 is 1.72 bits per heavy atom. The van der Waals surface area contributed by atoms with Crippen molar-refractivity contribution in [1.29, 1.82) is 5.41 Å². The van der Waals surface area contributed by atoms with Crippen molar-refractivity contribution in [1.82, 2.24) is 14.9 Å². The van der Waals surface area contributed by atoms with E-state index in [9.17, 15) is 9.59 Å². The van der Waals surface area contributed by atoms with Gasteiger partial charge in [0.2, 0.25) is 0 Å². The normalized spacial score (nSPS) is 12.9. The third kappa shape index (κ3) is 4.70. The molecule has 0 unspecified atom stereocenters. The van der Waals surface area contributed by atoms with Gasteiger partial charge in [0, 0.05) is 43.1 Å². The highest BCUT2D eigenvalue weighted by molar-refractivity contribution is 5.98. The number of hydrogen-bond donors (Lipinski definition) is 3. The Kier molecular flexibility index (Phi) is 6.25. The highest BCUT2D eigenvalue weighted by Gasteiger charge is 2.24. The van der Waals surface area contributed by atoms with Crippen molar-refractivity contribution >= 4 is 28.7 Å². The van der Waals surface area contributed by atoms with E-state index in [4.69, 9.17) is 20.9 Å². The number of nitrogens with one attached hydrogen (secondary N) is 2. The highest BCUT2D eigenvalue weighted by atomic mass is 16.5. The van der Waals surface area contributed by atoms with Crippen LogP contribution in [0.3, 0.4) is 0 Å². The minimum Gasteiger partial charge on any atom is -0.462 e. The van der Waals surface area contributed by atoms with Gasteiger partial charge < -0.3 is 20.4 Å². The number of nitrogens with two attached hydrogens (primary N) is 1. The number of esters is 1. The zero-order chi connectivity index (χ0) is 25.2. The number of nitrogen functional groups attached to an aromatic ring is 1. The first-order valence-corrected chi connectivity index (χ1v) is 11.8. The molecule has 0 bridgehead atoms. The third-order valence-corrected chi connectivity index (χ3v) is 6.52. The van der Waals surface area contributed by atoms with E-state index in [0.29, 0.717) is 16.6 Å². The summed E-state index contributed by atoms with van der Waals surface area (Å²) in [5, 5.41) is 10.3. The second-order valence-electron chi connectivity index (χ2n) is 8.98. The van der Waals surface area contributed by atoms with Gasteiger partial charge in [0.15, 0.2) is 0 Å². The van der Waals surface area contributed by atoms with Gasteiger partial charge in [-0.1, -0.05) is 48.5 Å². The quantitative estimate of drug-likeness (QED) is 0.212. The van der Waals surface area contributed by atoms with Gasteiger partial charge >= 0.3 is 5.97 Å². The van der Waals surface area contributed by atoms with E-state index in [1.807, 2.05) is 41.9 Å². The van der Waals surface area contributed by atoms with Crippen molar-refractivity contribution in [3.05, 3.63) is 89.0 Å². The number of nitrogens with zero attached hydrogens (tertiary/aromatic N) is 2. The molecule has 4 aromatic rings. The maximum absolute atomic E-state index is 12.7. The molecule has 4 N–H and O–H groups in total. The predicted molar refractivity (Wildman–Crippen MR) is 138 cm³/mol. The fraction of sp³-hybridized carbons (Fsp3) is 0.214. The molecule has 1 aliphatic rings. The van der Waals surface area contributed by atoms with Gasteiger partial charge in [0.1, 0.15) is 17.8 Å². The summed E-state index contributed by atoms with van der Waals surface area (Å²) in [6.45, 7) is 0.200. The van der Waals surface area contributed by atoms with Crippen LogP contribution in [0.15, 0.2) is 66.7 Å². The van der Waals surface area contributed by atoms with E-state index in [0.717, 1.165) is 29.7 Å². The van der Waals surface area contributed by atoms with Gasteiger partial charge in [-0.05, 0) is 29.3 Å². The topological polar surface area (TPSA) is 123 Å². The van der Waals surface area contributed by atoms with E-state index in [2.05, 4.69) is 17.4 Å². The van der Waals surface area contributed by atoms with Crippen LogP contribution in [0.25, 0.3) is 22.4 Å². The van der Waals surface area contributed by atoms with Crippen molar-refractivity contribution in [3.63, 3.8) is 0 Å². The number of rotatable bonds is 7. The highest BCUT2D eigenvalue weighted by Crippen LogP contribution is 2.25. The maximum Gasteiger partial charge on any atom is 0.307 e. The van der Waals surface area contributed by atoms with Gasteiger partial charge in [0.25, 0.3) is 5.91 Å². The number of carbonyl (C=O) groups is 2. The summed E-state index contributed by atoms with van der Waals surface area (Å²) < 4.78 is 7.55. The lowest BCUT2D eigenvalue weighted by Crippen LogP contribution is -2.28. The summed E-state index contributed by atoms with van der Waals surface area (Å²) >= 11 is 0. The van der Waals surface area contributed by atoms with E-state index in [1.54, 1.807) is 24.3 Å². The molecule has 1 aromatic heterocycles. The Morgan fingerprint density at radius 3 is 2.39 bits per heavy atom. The van der Waals surface area contributed by atoms with Crippen LogP contribution in [0.2, 0.25) is 0 Å². The van der Waals surface area contributed by atoms with E-state index >= 15 is 0 Å². The number of ether oxygens (including phenoxy) is 1. The monoisotopic (exact) mass is 481 g/mol. The molecular weight excluding hydrogens is 454 g/mol. The average Bonchev–Trinajstić information content (AvgIpc) is 3.43. The Bertz CT molecular complexity index is 1450. The lowest BCUT2D eigenvalue weighted by Gasteiger charge is -2.11. The van der Waals surface area contributed by atoms with Gasteiger partial charge in [0.05, 0.1) is 17.5 Å². The van der Waals surface area contributed by atoms with Crippen LogP contribution < -0.4 is 11.1 Å². The maximum atomic E-state index is 12.7. The van der Waals surface area contributed by atoms with Crippen LogP contribution in [0.4, 0.5) is 0 Å². The summed E-state index contributed by atoms with van der Waals surface area (Å²) in [5.41, 5.74) is 11.6. The Balaban J connectivity index is 1.19. The summed E-state index contributed by atoms with van der Waals surface area (Å²) in [4.78, 5) is 29.7. The van der Waals surface area contributed by atoms with Gasteiger partial charge in [-0.2, -0.15) is 0 Å². The molecule has 1 aliphatic carbocycles. The molecular formula is C28H27N5O3. The molecule has 0 spiro atoms.